The maximum absolute atomic E-state index is 12.2. The molecule has 0 atom stereocenters. The van der Waals surface area contributed by atoms with Gasteiger partial charge in [-0.3, -0.25) is 4.79 Å². The van der Waals surface area contributed by atoms with Crippen LogP contribution in [0.3, 0.4) is 0 Å². The highest BCUT2D eigenvalue weighted by molar-refractivity contribution is 8.00. The second kappa shape index (κ2) is 8.57. The lowest BCUT2D eigenvalue weighted by Crippen LogP contribution is -2.15. The quantitative estimate of drug-likeness (QED) is 0.742. The Morgan fingerprint density at radius 3 is 2.56 bits per heavy atom. The minimum atomic E-state index is -0.0423. The molecule has 1 amide bonds. The molecule has 0 aromatic heterocycles. The summed E-state index contributed by atoms with van der Waals surface area (Å²) in [6.07, 6.45) is 5.11. The normalized spacial score (nSPS) is 16.1. The van der Waals surface area contributed by atoms with Gasteiger partial charge in [-0.2, -0.15) is 0 Å². The van der Waals surface area contributed by atoms with Crippen LogP contribution in [0, 0.1) is 0 Å². The highest BCUT2D eigenvalue weighted by Crippen LogP contribution is 2.34. The predicted octanol–water partition coefficient (Wildman–Crippen LogP) is 4.51. The number of benzene rings is 2. The zero-order valence-corrected chi connectivity index (χ0v) is 15.9. The number of nitrogens with one attached hydrogen (secondary N) is 1. The van der Waals surface area contributed by atoms with E-state index in [1.54, 1.807) is 0 Å². The Labute approximate surface area is 163 Å². The molecule has 1 N–H and O–H groups in total. The standard InChI is InChI=1S/C21H23NO4S/c23-21(14-27-18-9-10-19-20(13-18)25-12-11-24-19)22-15-5-7-17(8-6-15)26-16-3-1-2-4-16/h5-10,13,16H,1-4,11-12,14H2,(H,22,23). The smallest absolute Gasteiger partial charge is 0.234 e. The Bertz CT molecular complexity index is 787. The van der Waals surface area contributed by atoms with Crippen molar-refractivity contribution in [3.8, 4) is 17.2 Å². The highest BCUT2D eigenvalue weighted by Gasteiger charge is 2.16. The van der Waals surface area contributed by atoms with Gasteiger partial charge >= 0.3 is 0 Å². The van der Waals surface area contributed by atoms with E-state index in [0.717, 1.165) is 40.7 Å². The lowest BCUT2D eigenvalue weighted by atomic mass is 10.2. The molecule has 5 nitrogen and oxygen atoms in total. The zero-order chi connectivity index (χ0) is 18.5. The van der Waals surface area contributed by atoms with Gasteiger partial charge in [-0.15, -0.1) is 11.8 Å². The number of thioether (sulfide) groups is 1. The summed E-state index contributed by atoms with van der Waals surface area (Å²) in [4.78, 5) is 13.2. The van der Waals surface area contributed by atoms with Gasteiger partial charge in [0.1, 0.15) is 19.0 Å². The number of rotatable bonds is 6. The minimum Gasteiger partial charge on any atom is -0.490 e. The van der Waals surface area contributed by atoms with Gasteiger partial charge in [0.15, 0.2) is 11.5 Å². The lowest BCUT2D eigenvalue weighted by Gasteiger charge is -2.18. The molecule has 0 bridgehead atoms. The molecule has 2 aromatic rings. The van der Waals surface area contributed by atoms with Crippen LogP contribution >= 0.6 is 11.8 Å². The number of anilines is 1. The van der Waals surface area contributed by atoms with Crippen molar-refractivity contribution in [2.24, 2.45) is 0 Å². The van der Waals surface area contributed by atoms with E-state index in [9.17, 15) is 4.79 Å². The van der Waals surface area contributed by atoms with Crippen LogP contribution in [0.15, 0.2) is 47.4 Å². The van der Waals surface area contributed by atoms with Gasteiger partial charge in [-0.25, -0.2) is 0 Å². The number of carbonyl (C=O) groups excluding carboxylic acids is 1. The molecule has 1 aliphatic heterocycles. The second-order valence-electron chi connectivity index (χ2n) is 6.69. The van der Waals surface area contributed by atoms with E-state index in [4.69, 9.17) is 14.2 Å². The molecular weight excluding hydrogens is 362 g/mol. The van der Waals surface area contributed by atoms with Crippen LogP contribution in [0.2, 0.25) is 0 Å². The zero-order valence-electron chi connectivity index (χ0n) is 15.1. The minimum absolute atomic E-state index is 0.0423. The molecule has 0 radical (unpaired) electrons. The van der Waals surface area contributed by atoms with Gasteiger partial charge < -0.3 is 19.5 Å². The maximum atomic E-state index is 12.2. The predicted molar refractivity (Wildman–Crippen MR) is 106 cm³/mol. The van der Waals surface area contributed by atoms with Crippen molar-refractivity contribution < 1.29 is 19.0 Å². The van der Waals surface area contributed by atoms with Crippen LogP contribution in [-0.4, -0.2) is 31.0 Å². The fourth-order valence-electron chi connectivity index (χ4n) is 3.27. The largest absolute Gasteiger partial charge is 0.490 e. The van der Waals surface area contributed by atoms with Gasteiger partial charge in [-0.05, 0) is 68.1 Å². The van der Waals surface area contributed by atoms with Crippen molar-refractivity contribution in [1.82, 2.24) is 0 Å². The third-order valence-electron chi connectivity index (χ3n) is 4.63. The molecule has 1 saturated carbocycles. The summed E-state index contributed by atoms with van der Waals surface area (Å²) < 4.78 is 17.0. The number of hydrogen-bond acceptors (Lipinski definition) is 5. The number of amides is 1. The second-order valence-corrected chi connectivity index (χ2v) is 7.74. The van der Waals surface area contributed by atoms with Crippen LogP contribution in [-0.2, 0) is 4.79 Å². The van der Waals surface area contributed by atoms with E-state index in [-0.39, 0.29) is 5.91 Å². The van der Waals surface area contributed by atoms with Crippen LogP contribution in [0.25, 0.3) is 0 Å². The van der Waals surface area contributed by atoms with Crippen molar-refractivity contribution in [1.29, 1.82) is 0 Å². The number of ether oxygens (including phenoxy) is 3. The summed E-state index contributed by atoms with van der Waals surface area (Å²) in [6.45, 7) is 1.13. The summed E-state index contributed by atoms with van der Waals surface area (Å²) in [6, 6.07) is 13.4. The first kappa shape index (κ1) is 18.0. The SMILES string of the molecule is O=C(CSc1ccc2c(c1)OCCO2)Nc1ccc(OC2CCCC2)cc1. The van der Waals surface area contributed by atoms with Crippen LogP contribution in [0.1, 0.15) is 25.7 Å². The van der Waals surface area contributed by atoms with Crippen LogP contribution in [0.5, 0.6) is 17.2 Å². The van der Waals surface area contributed by atoms with Gasteiger partial charge in [0.05, 0.1) is 11.9 Å². The Morgan fingerprint density at radius 1 is 1.04 bits per heavy atom. The summed E-state index contributed by atoms with van der Waals surface area (Å²) in [5.41, 5.74) is 0.779. The molecule has 0 unspecified atom stereocenters. The molecule has 6 heteroatoms. The summed E-state index contributed by atoms with van der Waals surface area (Å²) in [5.74, 6) is 2.66. The fourth-order valence-corrected chi connectivity index (χ4v) is 4.00. The fraction of sp³-hybridized carbons (Fsp3) is 0.381. The number of carbonyl (C=O) groups is 1. The first-order valence-corrected chi connectivity index (χ1v) is 10.3. The molecule has 142 valence electrons. The Hall–Kier alpha value is -2.34. The number of hydrogen-bond donors (Lipinski definition) is 1. The molecule has 0 saturated heterocycles. The molecule has 27 heavy (non-hydrogen) atoms. The monoisotopic (exact) mass is 385 g/mol. The molecule has 4 rings (SSSR count). The van der Waals surface area contributed by atoms with E-state index >= 15 is 0 Å². The van der Waals surface area contributed by atoms with E-state index in [1.807, 2.05) is 42.5 Å². The maximum Gasteiger partial charge on any atom is 0.234 e. The van der Waals surface area contributed by atoms with Gasteiger partial charge in [0.2, 0.25) is 5.91 Å². The van der Waals surface area contributed by atoms with Crippen molar-refractivity contribution >= 4 is 23.4 Å². The molecule has 1 aliphatic carbocycles. The Balaban J connectivity index is 1.26. The summed E-state index contributed by atoms with van der Waals surface area (Å²) in [7, 11) is 0. The average Bonchev–Trinajstić information content (AvgIpc) is 3.21. The third kappa shape index (κ3) is 4.89. The van der Waals surface area contributed by atoms with Crippen molar-refractivity contribution in [3.63, 3.8) is 0 Å². The third-order valence-corrected chi connectivity index (χ3v) is 5.62. The van der Waals surface area contributed by atoms with Crippen LogP contribution < -0.4 is 19.5 Å². The van der Waals surface area contributed by atoms with Crippen molar-refractivity contribution in [2.75, 3.05) is 24.3 Å². The average molecular weight is 385 g/mol. The van der Waals surface area contributed by atoms with Crippen molar-refractivity contribution in [2.45, 2.75) is 36.7 Å². The molecule has 0 spiro atoms. The summed E-state index contributed by atoms with van der Waals surface area (Å²) >= 11 is 1.47. The topological polar surface area (TPSA) is 56.8 Å². The molecular formula is C21H23NO4S. The van der Waals surface area contributed by atoms with E-state index in [0.29, 0.717) is 25.1 Å². The van der Waals surface area contributed by atoms with E-state index in [1.165, 1.54) is 24.6 Å². The van der Waals surface area contributed by atoms with Gasteiger partial charge in [0, 0.05) is 10.6 Å². The molecule has 2 aliphatic rings. The van der Waals surface area contributed by atoms with Crippen molar-refractivity contribution in [3.05, 3.63) is 42.5 Å². The Morgan fingerprint density at radius 2 is 1.78 bits per heavy atom. The molecule has 1 heterocycles. The van der Waals surface area contributed by atoms with Gasteiger partial charge in [-0.1, -0.05) is 0 Å². The number of fused-ring (bicyclic) bond motifs is 1. The van der Waals surface area contributed by atoms with E-state index in [2.05, 4.69) is 5.32 Å². The summed E-state index contributed by atoms with van der Waals surface area (Å²) in [5, 5.41) is 2.92. The first-order chi connectivity index (χ1) is 13.3. The molecule has 1 fully saturated rings. The first-order valence-electron chi connectivity index (χ1n) is 9.35. The molecule has 2 aromatic carbocycles. The lowest BCUT2D eigenvalue weighted by molar-refractivity contribution is -0.113. The van der Waals surface area contributed by atoms with E-state index < -0.39 is 0 Å². The Kier molecular flexibility index (Phi) is 5.72. The van der Waals surface area contributed by atoms with Crippen LogP contribution in [0.4, 0.5) is 5.69 Å². The van der Waals surface area contributed by atoms with Gasteiger partial charge in [0.25, 0.3) is 0 Å². The highest BCUT2D eigenvalue weighted by atomic mass is 32.2.